The average Bonchev–Trinajstić information content (AvgIpc) is 3.06. The molecule has 0 aliphatic carbocycles. The van der Waals surface area contributed by atoms with Crippen LogP contribution < -0.4 is 5.32 Å². The second kappa shape index (κ2) is 10.5. The van der Waals surface area contributed by atoms with Crippen molar-refractivity contribution in [3.05, 3.63) is 81.7 Å². The molecule has 33 heavy (non-hydrogen) atoms. The number of hydrogen-bond acceptors (Lipinski definition) is 5. The van der Waals surface area contributed by atoms with E-state index in [1.54, 1.807) is 6.08 Å². The van der Waals surface area contributed by atoms with Gasteiger partial charge in [-0.2, -0.15) is 0 Å². The number of imide groups is 1. The first-order valence-corrected chi connectivity index (χ1v) is 12.5. The van der Waals surface area contributed by atoms with Gasteiger partial charge >= 0.3 is 0 Å². The van der Waals surface area contributed by atoms with Crippen LogP contribution in [0.1, 0.15) is 11.1 Å². The van der Waals surface area contributed by atoms with Crippen molar-refractivity contribution in [1.82, 2.24) is 10.2 Å². The Morgan fingerprint density at radius 1 is 1.09 bits per heavy atom. The fraction of sp³-hybridized carbons (Fsp3) is 0.160. The fourth-order valence-electron chi connectivity index (χ4n) is 3.39. The van der Waals surface area contributed by atoms with E-state index >= 15 is 0 Å². The molecule has 3 aromatic rings. The van der Waals surface area contributed by atoms with Crippen LogP contribution in [0.25, 0.3) is 16.8 Å². The monoisotopic (exact) mass is 496 g/mol. The standard InChI is InChI=1S/C25H21ClN2O3S2/c1-16-8-10-17(11-9-16)14-21-24(30)28(25(31)33-21)13-12-27-22(29)15-32-20-7-3-5-18-4-2-6-19(26)23(18)20/h2-11,14H,12-13,15H2,1H3,(H,27,29). The summed E-state index contributed by atoms with van der Waals surface area (Å²) >= 11 is 8.66. The molecule has 0 bridgehead atoms. The Kier molecular flexibility index (Phi) is 7.42. The number of rotatable bonds is 7. The summed E-state index contributed by atoms with van der Waals surface area (Å²) in [4.78, 5) is 39.7. The van der Waals surface area contributed by atoms with Crippen LogP contribution >= 0.6 is 35.1 Å². The number of nitrogens with one attached hydrogen (secondary N) is 1. The SMILES string of the molecule is Cc1ccc(C=C2SC(=O)N(CCNC(=O)CSc3cccc4cccc(Cl)c34)C2=O)cc1. The molecule has 0 unspecified atom stereocenters. The van der Waals surface area contributed by atoms with E-state index in [0.717, 1.165) is 38.6 Å². The molecule has 1 fully saturated rings. The Morgan fingerprint density at radius 2 is 1.82 bits per heavy atom. The Balaban J connectivity index is 1.30. The highest BCUT2D eigenvalue weighted by Crippen LogP contribution is 2.33. The lowest BCUT2D eigenvalue weighted by Crippen LogP contribution is -2.37. The van der Waals surface area contributed by atoms with Crippen LogP contribution in [0.5, 0.6) is 0 Å². The van der Waals surface area contributed by atoms with Gasteiger partial charge in [0.05, 0.1) is 10.7 Å². The van der Waals surface area contributed by atoms with E-state index in [1.807, 2.05) is 67.6 Å². The minimum Gasteiger partial charge on any atom is -0.354 e. The van der Waals surface area contributed by atoms with Crippen LogP contribution in [-0.4, -0.2) is 40.8 Å². The molecule has 0 atom stereocenters. The topological polar surface area (TPSA) is 66.5 Å². The van der Waals surface area contributed by atoms with E-state index in [0.29, 0.717) is 9.93 Å². The maximum atomic E-state index is 12.6. The summed E-state index contributed by atoms with van der Waals surface area (Å²) in [6.07, 6.45) is 1.72. The Hall–Kier alpha value is -2.74. The summed E-state index contributed by atoms with van der Waals surface area (Å²) in [6, 6.07) is 19.3. The van der Waals surface area contributed by atoms with Crippen LogP contribution in [0, 0.1) is 6.92 Å². The highest BCUT2D eigenvalue weighted by molar-refractivity contribution is 8.18. The highest BCUT2D eigenvalue weighted by atomic mass is 35.5. The van der Waals surface area contributed by atoms with Crippen LogP contribution in [0.2, 0.25) is 5.02 Å². The van der Waals surface area contributed by atoms with Gasteiger partial charge in [-0.05, 0) is 47.8 Å². The van der Waals surface area contributed by atoms with Crippen molar-refractivity contribution in [2.75, 3.05) is 18.8 Å². The molecule has 8 heteroatoms. The fourth-order valence-corrected chi connectivity index (χ4v) is 5.53. The number of amides is 3. The normalized spacial score (nSPS) is 15.0. The van der Waals surface area contributed by atoms with Gasteiger partial charge in [0.25, 0.3) is 11.1 Å². The molecule has 1 aliphatic heterocycles. The lowest BCUT2D eigenvalue weighted by Gasteiger charge is -2.13. The zero-order chi connectivity index (χ0) is 23.4. The quantitative estimate of drug-likeness (QED) is 0.333. The summed E-state index contributed by atoms with van der Waals surface area (Å²) in [7, 11) is 0. The summed E-state index contributed by atoms with van der Waals surface area (Å²) < 4.78 is 0. The Morgan fingerprint density at radius 3 is 2.58 bits per heavy atom. The van der Waals surface area contributed by atoms with Crippen LogP contribution in [0.4, 0.5) is 4.79 Å². The minimum absolute atomic E-state index is 0.131. The van der Waals surface area contributed by atoms with Crippen LogP contribution in [0.15, 0.2) is 70.5 Å². The number of thioether (sulfide) groups is 2. The molecular weight excluding hydrogens is 476 g/mol. The number of hydrogen-bond donors (Lipinski definition) is 1. The zero-order valence-electron chi connectivity index (χ0n) is 17.8. The number of benzene rings is 3. The molecule has 4 rings (SSSR count). The second-order valence-corrected chi connectivity index (χ2v) is 9.89. The summed E-state index contributed by atoms with van der Waals surface area (Å²) in [5.41, 5.74) is 1.99. The number of nitrogens with zero attached hydrogens (tertiary/aromatic N) is 1. The van der Waals surface area contributed by atoms with Crippen molar-refractivity contribution in [3.63, 3.8) is 0 Å². The van der Waals surface area contributed by atoms with E-state index in [1.165, 1.54) is 16.7 Å². The van der Waals surface area contributed by atoms with Gasteiger partial charge in [-0.15, -0.1) is 11.8 Å². The molecule has 1 saturated heterocycles. The molecule has 1 aliphatic rings. The summed E-state index contributed by atoms with van der Waals surface area (Å²) in [5.74, 6) is -0.301. The summed E-state index contributed by atoms with van der Waals surface area (Å²) in [5, 5.41) is 5.06. The van der Waals surface area contributed by atoms with Gasteiger partial charge in [-0.3, -0.25) is 19.3 Å². The molecule has 5 nitrogen and oxygen atoms in total. The third kappa shape index (κ3) is 5.61. The lowest BCUT2D eigenvalue weighted by atomic mass is 10.1. The largest absolute Gasteiger partial charge is 0.354 e. The molecule has 1 N–H and O–H groups in total. The first-order valence-electron chi connectivity index (χ1n) is 10.3. The first-order chi connectivity index (χ1) is 15.9. The number of carbonyl (C=O) groups excluding carboxylic acids is 3. The third-order valence-electron chi connectivity index (χ3n) is 5.08. The summed E-state index contributed by atoms with van der Waals surface area (Å²) in [6.45, 7) is 2.32. The molecule has 168 valence electrons. The van der Waals surface area contributed by atoms with Crippen molar-refractivity contribution in [2.24, 2.45) is 0 Å². The van der Waals surface area contributed by atoms with Crippen LogP contribution in [-0.2, 0) is 9.59 Å². The van der Waals surface area contributed by atoms with Crippen molar-refractivity contribution in [1.29, 1.82) is 0 Å². The first kappa shape index (κ1) is 23.4. The van der Waals surface area contributed by atoms with E-state index in [4.69, 9.17) is 11.6 Å². The molecule has 0 saturated carbocycles. The predicted octanol–water partition coefficient (Wildman–Crippen LogP) is 5.75. The van der Waals surface area contributed by atoms with Crippen molar-refractivity contribution in [3.8, 4) is 0 Å². The van der Waals surface area contributed by atoms with Crippen molar-refractivity contribution >= 4 is 69.0 Å². The maximum Gasteiger partial charge on any atom is 0.293 e. The molecule has 1 heterocycles. The van der Waals surface area contributed by atoms with Gasteiger partial charge in [-0.1, -0.05) is 65.7 Å². The van der Waals surface area contributed by atoms with E-state index in [9.17, 15) is 14.4 Å². The highest BCUT2D eigenvalue weighted by Gasteiger charge is 2.34. The Labute approximate surface area is 205 Å². The zero-order valence-corrected chi connectivity index (χ0v) is 20.2. The number of aryl methyl sites for hydroxylation is 1. The van der Waals surface area contributed by atoms with E-state index < -0.39 is 0 Å². The molecule has 3 aromatic carbocycles. The lowest BCUT2D eigenvalue weighted by molar-refractivity contribution is -0.123. The van der Waals surface area contributed by atoms with Crippen LogP contribution in [0.3, 0.4) is 0 Å². The van der Waals surface area contributed by atoms with Crippen molar-refractivity contribution < 1.29 is 14.4 Å². The molecule has 0 spiro atoms. The molecular formula is C25H21ClN2O3S2. The van der Waals surface area contributed by atoms with Gasteiger partial charge in [-0.25, -0.2) is 0 Å². The smallest absolute Gasteiger partial charge is 0.293 e. The third-order valence-corrected chi connectivity index (χ3v) is 7.36. The molecule has 0 aromatic heterocycles. The number of fused-ring (bicyclic) bond motifs is 1. The predicted molar refractivity (Wildman–Crippen MR) is 137 cm³/mol. The van der Waals surface area contributed by atoms with E-state index in [2.05, 4.69) is 5.32 Å². The van der Waals surface area contributed by atoms with Gasteiger partial charge in [0.2, 0.25) is 5.91 Å². The van der Waals surface area contributed by atoms with Gasteiger partial charge in [0, 0.05) is 28.4 Å². The second-order valence-electron chi connectivity index (χ2n) is 7.48. The van der Waals surface area contributed by atoms with Gasteiger partial charge in [0.1, 0.15) is 0 Å². The number of carbonyl (C=O) groups is 3. The average molecular weight is 497 g/mol. The minimum atomic E-state index is -0.334. The number of halogens is 1. The maximum absolute atomic E-state index is 12.6. The Bertz CT molecular complexity index is 1250. The van der Waals surface area contributed by atoms with Crippen molar-refractivity contribution in [2.45, 2.75) is 11.8 Å². The van der Waals surface area contributed by atoms with Gasteiger partial charge < -0.3 is 5.32 Å². The molecule has 3 amide bonds. The molecule has 0 radical (unpaired) electrons. The van der Waals surface area contributed by atoms with E-state index in [-0.39, 0.29) is 35.9 Å². The van der Waals surface area contributed by atoms with Gasteiger partial charge in [0.15, 0.2) is 0 Å².